The lowest BCUT2D eigenvalue weighted by Crippen LogP contribution is -2.55. The Morgan fingerprint density at radius 1 is 1.35 bits per heavy atom. The van der Waals surface area contributed by atoms with E-state index in [9.17, 15) is 4.79 Å². The Hall–Kier alpha value is -1.61. The third-order valence-electron chi connectivity index (χ3n) is 3.21. The molecule has 0 bridgehead atoms. The van der Waals surface area contributed by atoms with Crippen LogP contribution in [0.4, 0.5) is 0 Å². The first-order valence-electron chi connectivity index (χ1n) is 5.94. The fourth-order valence-corrected chi connectivity index (χ4v) is 2.21. The van der Waals surface area contributed by atoms with E-state index in [1.54, 1.807) is 6.08 Å². The molecule has 3 heteroatoms. The van der Waals surface area contributed by atoms with Crippen LogP contribution >= 0.6 is 0 Å². The van der Waals surface area contributed by atoms with Crippen molar-refractivity contribution in [2.24, 2.45) is 5.92 Å². The number of allylic oxidation sites excluding steroid dienone is 1. The highest BCUT2D eigenvalue weighted by Crippen LogP contribution is 2.21. The average molecular weight is 230 g/mol. The van der Waals surface area contributed by atoms with E-state index in [0.29, 0.717) is 6.42 Å². The van der Waals surface area contributed by atoms with Crippen LogP contribution < -0.4 is 10.6 Å². The van der Waals surface area contributed by atoms with Crippen LogP contribution in [0.25, 0.3) is 0 Å². The van der Waals surface area contributed by atoms with Crippen molar-refractivity contribution in [3.8, 4) is 0 Å². The summed E-state index contributed by atoms with van der Waals surface area (Å²) in [6.45, 7) is 5.74. The first-order chi connectivity index (χ1) is 8.22. The second-order valence-corrected chi connectivity index (χ2v) is 4.44. The van der Waals surface area contributed by atoms with Crippen molar-refractivity contribution in [3.05, 3.63) is 48.6 Å². The molecule has 17 heavy (non-hydrogen) atoms. The molecule has 2 N–H and O–H groups in total. The molecule has 0 aromatic heterocycles. The second kappa shape index (κ2) is 5.15. The van der Waals surface area contributed by atoms with E-state index in [1.165, 1.54) is 0 Å². The van der Waals surface area contributed by atoms with Crippen molar-refractivity contribution >= 4 is 5.91 Å². The number of nitrogens with one attached hydrogen (secondary N) is 2. The Kier molecular flexibility index (Phi) is 3.59. The second-order valence-electron chi connectivity index (χ2n) is 4.44. The van der Waals surface area contributed by atoms with Gasteiger partial charge in [-0.2, -0.15) is 0 Å². The molecule has 90 valence electrons. The smallest absolute Gasteiger partial charge is 0.226 e. The zero-order valence-corrected chi connectivity index (χ0v) is 10.0. The SMILES string of the molecule is C=CCC1C(=O)NC(c2ccccc2)NC1C. The van der Waals surface area contributed by atoms with Crippen LogP contribution in [0.5, 0.6) is 0 Å². The third-order valence-corrected chi connectivity index (χ3v) is 3.21. The van der Waals surface area contributed by atoms with E-state index >= 15 is 0 Å². The van der Waals surface area contributed by atoms with Crippen molar-refractivity contribution in [3.63, 3.8) is 0 Å². The molecule has 0 radical (unpaired) electrons. The predicted octanol–water partition coefficient (Wildman–Crippen LogP) is 1.99. The molecular formula is C14H18N2O. The topological polar surface area (TPSA) is 41.1 Å². The molecular weight excluding hydrogens is 212 g/mol. The van der Waals surface area contributed by atoms with E-state index in [4.69, 9.17) is 0 Å². The summed E-state index contributed by atoms with van der Waals surface area (Å²) in [5, 5.41) is 6.42. The highest BCUT2D eigenvalue weighted by molar-refractivity contribution is 5.80. The van der Waals surface area contributed by atoms with Crippen LogP contribution in [0.15, 0.2) is 43.0 Å². The number of carbonyl (C=O) groups is 1. The number of benzene rings is 1. The van der Waals surface area contributed by atoms with Gasteiger partial charge in [-0.3, -0.25) is 10.1 Å². The maximum absolute atomic E-state index is 12.0. The molecule has 1 heterocycles. The summed E-state index contributed by atoms with van der Waals surface area (Å²) >= 11 is 0. The maximum Gasteiger partial charge on any atom is 0.226 e. The van der Waals surface area contributed by atoms with Gasteiger partial charge in [-0.15, -0.1) is 6.58 Å². The molecule has 3 unspecified atom stereocenters. The molecule has 1 saturated heterocycles. The lowest BCUT2D eigenvalue weighted by atomic mass is 9.92. The normalized spacial score (nSPS) is 28.5. The fourth-order valence-electron chi connectivity index (χ4n) is 2.21. The number of hydrogen-bond acceptors (Lipinski definition) is 2. The molecule has 0 saturated carbocycles. The highest BCUT2D eigenvalue weighted by atomic mass is 16.2. The van der Waals surface area contributed by atoms with Gasteiger partial charge in [0.15, 0.2) is 0 Å². The molecule has 3 nitrogen and oxygen atoms in total. The molecule has 1 aromatic carbocycles. The average Bonchev–Trinajstić information content (AvgIpc) is 2.35. The van der Waals surface area contributed by atoms with Crippen molar-refractivity contribution in [2.45, 2.75) is 25.6 Å². The number of rotatable bonds is 3. The standard InChI is InChI=1S/C14H18N2O/c1-3-7-12-10(2)15-13(16-14(12)17)11-8-5-4-6-9-11/h3-6,8-10,12-13,15H,1,7H2,2H3,(H,16,17). The minimum Gasteiger partial charge on any atom is -0.336 e. The summed E-state index contributed by atoms with van der Waals surface area (Å²) < 4.78 is 0. The fraction of sp³-hybridized carbons (Fsp3) is 0.357. The monoisotopic (exact) mass is 230 g/mol. The van der Waals surface area contributed by atoms with Crippen LogP contribution in [-0.4, -0.2) is 11.9 Å². The van der Waals surface area contributed by atoms with E-state index in [2.05, 4.69) is 17.2 Å². The van der Waals surface area contributed by atoms with Gasteiger partial charge in [0, 0.05) is 6.04 Å². The van der Waals surface area contributed by atoms with Crippen LogP contribution in [-0.2, 0) is 4.79 Å². The molecule has 0 aliphatic carbocycles. The van der Waals surface area contributed by atoms with Gasteiger partial charge in [-0.25, -0.2) is 0 Å². The van der Waals surface area contributed by atoms with Gasteiger partial charge in [-0.1, -0.05) is 36.4 Å². The summed E-state index contributed by atoms with van der Waals surface area (Å²) in [5.41, 5.74) is 1.09. The van der Waals surface area contributed by atoms with E-state index in [0.717, 1.165) is 5.56 Å². The predicted molar refractivity (Wildman–Crippen MR) is 68.2 cm³/mol. The summed E-state index contributed by atoms with van der Waals surface area (Å²) in [4.78, 5) is 12.0. The molecule has 1 aliphatic rings. The Labute approximate surface area is 102 Å². The van der Waals surface area contributed by atoms with Gasteiger partial charge < -0.3 is 5.32 Å². The van der Waals surface area contributed by atoms with Crippen LogP contribution in [0, 0.1) is 5.92 Å². The number of carbonyl (C=O) groups excluding carboxylic acids is 1. The van der Waals surface area contributed by atoms with E-state index in [-0.39, 0.29) is 24.0 Å². The first kappa shape index (κ1) is 11.9. The minimum absolute atomic E-state index is 0.0209. The molecule has 1 aliphatic heterocycles. The number of hydrogen-bond donors (Lipinski definition) is 2. The van der Waals surface area contributed by atoms with Gasteiger partial charge in [0.1, 0.15) is 6.17 Å². The Morgan fingerprint density at radius 2 is 2.06 bits per heavy atom. The summed E-state index contributed by atoms with van der Waals surface area (Å²) in [6.07, 6.45) is 2.42. The molecule has 0 spiro atoms. The van der Waals surface area contributed by atoms with Crippen molar-refractivity contribution in [2.75, 3.05) is 0 Å². The van der Waals surface area contributed by atoms with Crippen LogP contribution in [0.2, 0.25) is 0 Å². The van der Waals surface area contributed by atoms with Gasteiger partial charge in [-0.05, 0) is 18.9 Å². The van der Waals surface area contributed by atoms with Crippen LogP contribution in [0.1, 0.15) is 25.1 Å². The van der Waals surface area contributed by atoms with E-state index < -0.39 is 0 Å². The quantitative estimate of drug-likeness (QED) is 0.780. The third kappa shape index (κ3) is 2.56. The van der Waals surface area contributed by atoms with Gasteiger partial charge >= 0.3 is 0 Å². The summed E-state index contributed by atoms with van der Waals surface area (Å²) in [6, 6.07) is 10.1. The Bertz CT molecular complexity index is 402. The number of amides is 1. The van der Waals surface area contributed by atoms with Crippen LogP contribution in [0.3, 0.4) is 0 Å². The van der Waals surface area contributed by atoms with Gasteiger partial charge in [0.2, 0.25) is 5.91 Å². The van der Waals surface area contributed by atoms with Crippen molar-refractivity contribution in [1.82, 2.24) is 10.6 Å². The molecule has 1 aromatic rings. The Balaban J connectivity index is 2.11. The first-order valence-corrected chi connectivity index (χ1v) is 5.94. The maximum atomic E-state index is 12.0. The molecule has 2 rings (SSSR count). The van der Waals surface area contributed by atoms with Gasteiger partial charge in [0.05, 0.1) is 5.92 Å². The lowest BCUT2D eigenvalue weighted by molar-refractivity contribution is -0.129. The van der Waals surface area contributed by atoms with Crippen molar-refractivity contribution in [1.29, 1.82) is 0 Å². The summed E-state index contributed by atoms with van der Waals surface area (Å²) in [7, 11) is 0. The molecule has 3 atom stereocenters. The van der Waals surface area contributed by atoms with E-state index in [1.807, 2.05) is 37.3 Å². The zero-order chi connectivity index (χ0) is 12.3. The molecule has 1 amide bonds. The van der Waals surface area contributed by atoms with Gasteiger partial charge in [0.25, 0.3) is 0 Å². The molecule has 1 fully saturated rings. The zero-order valence-electron chi connectivity index (χ0n) is 10.0. The minimum atomic E-state index is -0.0836. The highest BCUT2D eigenvalue weighted by Gasteiger charge is 2.32. The van der Waals surface area contributed by atoms with Crippen molar-refractivity contribution < 1.29 is 4.79 Å². The lowest BCUT2D eigenvalue weighted by Gasteiger charge is -2.35. The summed E-state index contributed by atoms with van der Waals surface area (Å²) in [5.74, 6) is 0.0810. The largest absolute Gasteiger partial charge is 0.336 e. The Morgan fingerprint density at radius 3 is 2.65 bits per heavy atom.